The van der Waals surface area contributed by atoms with Crippen molar-refractivity contribution in [1.29, 1.82) is 0 Å². The predicted molar refractivity (Wildman–Crippen MR) is 73.7 cm³/mol. The summed E-state index contributed by atoms with van der Waals surface area (Å²) in [5.74, 6) is 0.252. The molecule has 2 saturated heterocycles. The summed E-state index contributed by atoms with van der Waals surface area (Å²) in [5.41, 5.74) is 0. The Morgan fingerprint density at radius 3 is 2.37 bits per heavy atom. The van der Waals surface area contributed by atoms with Gasteiger partial charge in [0.15, 0.2) is 0 Å². The molecule has 0 radical (unpaired) electrons. The minimum Gasteiger partial charge on any atom is -0.341 e. The lowest BCUT2D eigenvalue weighted by molar-refractivity contribution is -0.144. The average molecular weight is 267 g/mol. The van der Waals surface area contributed by atoms with Crippen LogP contribution in [0.4, 0.5) is 0 Å². The second-order valence-electron chi connectivity index (χ2n) is 5.87. The number of hydrogen-bond donors (Lipinski definition) is 0. The van der Waals surface area contributed by atoms with Gasteiger partial charge in [0.25, 0.3) is 0 Å². The largest absolute Gasteiger partial charge is 0.341 e. The van der Waals surface area contributed by atoms with Crippen molar-refractivity contribution in [2.75, 3.05) is 40.3 Å². The molecule has 5 heteroatoms. The molecule has 0 aliphatic carbocycles. The monoisotopic (exact) mass is 267 g/mol. The molecule has 108 valence electrons. The van der Waals surface area contributed by atoms with Crippen molar-refractivity contribution in [2.24, 2.45) is 0 Å². The maximum absolute atomic E-state index is 12.5. The molecule has 2 amide bonds. The molecule has 2 heterocycles. The Balaban J connectivity index is 1.97. The molecule has 19 heavy (non-hydrogen) atoms. The molecule has 0 bridgehead atoms. The molecule has 0 unspecified atom stereocenters. The summed E-state index contributed by atoms with van der Waals surface area (Å²) >= 11 is 0. The number of nitrogens with zero attached hydrogens (tertiary/aromatic N) is 3. The van der Waals surface area contributed by atoms with E-state index >= 15 is 0 Å². The van der Waals surface area contributed by atoms with Gasteiger partial charge in [-0.1, -0.05) is 0 Å². The van der Waals surface area contributed by atoms with Crippen molar-refractivity contribution < 1.29 is 9.59 Å². The van der Waals surface area contributed by atoms with Crippen LogP contribution in [0.1, 0.15) is 32.1 Å². The zero-order chi connectivity index (χ0) is 13.8. The van der Waals surface area contributed by atoms with E-state index in [4.69, 9.17) is 0 Å². The first-order chi connectivity index (χ1) is 9.09. The second-order valence-corrected chi connectivity index (χ2v) is 5.87. The molecule has 0 spiro atoms. The number of likely N-dealkylation sites (tertiary alicyclic amines) is 2. The first-order valence-corrected chi connectivity index (χ1v) is 7.32. The number of carbonyl (C=O) groups excluding carboxylic acids is 2. The Bertz CT molecular complexity index is 338. The van der Waals surface area contributed by atoms with Crippen LogP contribution in [-0.4, -0.2) is 72.8 Å². The first-order valence-electron chi connectivity index (χ1n) is 7.32. The minimum absolute atomic E-state index is 0.0814. The van der Waals surface area contributed by atoms with E-state index in [1.165, 1.54) is 6.42 Å². The second kappa shape index (κ2) is 6.37. The third-order valence-corrected chi connectivity index (χ3v) is 3.98. The number of likely N-dealkylation sites (N-methyl/N-ethyl adjacent to an activating group) is 1. The Hall–Kier alpha value is -1.10. The quantitative estimate of drug-likeness (QED) is 0.750. The fraction of sp³-hybridized carbons (Fsp3) is 0.857. The first kappa shape index (κ1) is 14.3. The lowest BCUT2D eigenvalue weighted by Crippen LogP contribution is -2.50. The van der Waals surface area contributed by atoms with Gasteiger partial charge in [0, 0.05) is 19.6 Å². The third-order valence-electron chi connectivity index (χ3n) is 3.98. The molecular formula is C14H25N3O2. The van der Waals surface area contributed by atoms with Gasteiger partial charge in [0.1, 0.15) is 6.04 Å². The molecule has 0 saturated carbocycles. The number of amides is 2. The van der Waals surface area contributed by atoms with Crippen molar-refractivity contribution >= 4 is 11.8 Å². The molecule has 0 aromatic rings. The molecule has 5 nitrogen and oxygen atoms in total. The van der Waals surface area contributed by atoms with Gasteiger partial charge in [-0.25, -0.2) is 0 Å². The Morgan fingerprint density at radius 2 is 1.74 bits per heavy atom. The van der Waals surface area contributed by atoms with Crippen LogP contribution in [0.2, 0.25) is 0 Å². The van der Waals surface area contributed by atoms with Crippen molar-refractivity contribution in [1.82, 2.24) is 14.7 Å². The number of hydrogen-bond acceptors (Lipinski definition) is 3. The van der Waals surface area contributed by atoms with E-state index in [-0.39, 0.29) is 17.9 Å². The van der Waals surface area contributed by atoms with E-state index < -0.39 is 0 Å². The van der Waals surface area contributed by atoms with Crippen LogP contribution in [0, 0.1) is 0 Å². The van der Waals surface area contributed by atoms with Crippen molar-refractivity contribution in [3.8, 4) is 0 Å². The fourth-order valence-corrected chi connectivity index (χ4v) is 3.01. The van der Waals surface area contributed by atoms with E-state index in [2.05, 4.69) is 0 Å². The molecule has 2 aliphatic heterocycles. The molecule has 0 aromatic heterocycles. The van der Waals surface area contributed by atoms with E-state index in [9.17, 15) is 9.59 Å². The molecular weight excluding hydrogens is 242 g/mol. The molecule has 1 atom stereocenters. The molecule has 2 aliphatic rings. The maximum Gasteiger partial charge on any atom is 0.245 e. The van der Waals surface area contributed by atoms with Crippen LogP contribution in [0.3, 0.4) is 0 Å². The van der Waals surface area contributed by atoms with Crippen molar-refractivity contribution in [2.45, 2.75) is 38.1 Å². The van der Waals surface area contributed by atoms with E-state index in [1.54, 1.807) is 4.90 Å². The normalized spacial score (nSPS) is 24.1. The summed E-state index contributed by atoms with van der Waals surface area (Å²) in [6, 6.07) is -0.203. The van der Waals surface area contributed by atoms with Gasteiger partial charge in [-0.05, 0) is 46.2 Å². The smallest absolute Gasteiger partial charge is 0.245 e. The van der Waals surface area contributed by atoms with Crippen LogP contribution >= 0.6 is 0 Å². The minimum atomic E-state index is -0.203. The van der Waals surface area contributed by atoms with Gasteiger partial charge < -0.3 is 14.7 Å². The van der Waals surface area contributed by atoms with Gasteiger partial charge in [-0.2, -0.15) is 0 Å². The van der Waals surface area contributed by atoms with Crippen LogP contribution < -0.4 is 0 Å². The Kier molecular flexibility index (Phi) is 4.80. The highest BCUT2D eigenvalue weighted by Gasteiger charge is 2.36. The zero-order valence-electron chi connectivity index (χ0n) is 12.1. The standard InChI is InChI=1S/C14H25N3O2/c1-15(2)11-13(18)17-10-6-7-12(17)14(19)16-8-4-3-5-9-16/h12H,3-11H2,1-2H3/t12-/m0/s1. The van der Waals surface area contributed by atoms with Gasteiger partial charge in [0.05, 0.1) is 6.54 Å². The highest BCUT2D eigenvalue weighted by molar-refractivity contribution is 5.89. The topological polar surface area (TPSA) is 43.9 Å². The van der Waals surface area contributed by atoms with Crippen LogP contribution in [-0.2, 0) is 9.59 Å². The van der Waals surface area contributed by atoms with E-state index in [0.717, 1.165) is 45.3 Å². The van der Waals surface area contributed by atoms with Gasteiger partial charge >= 0.3 is 0 Å². The van der Waals surface area contributed by atoms with Crippen LogP contribution in [0.25, 0.3) is 0 Å². The highest BCUT2D eigenvalue weighted by Crippen LogP contribution is 2.21. The summed E-state index contributed by atoms with van der Waals surface area (Å²) in [6.07, 6.45) is 5.20. The summed E-state index contributed by atoms with van der Waals surface area (Å²) in [7, 11) is 3.77. The number of rotatable bonds is 3. The lowest BCUT2D eigenvalue weighted by atomic mass is 10.1. The third kappa shape index (κ3) is 3.47. The summed E-state index contributed by atoms with van der Waals surface area (Å²) in [4.78, 5) is 30.3. The molecule has 0 N–H and O–H groups in total. The molecule has 2 rings (SSSR count). The van der Waals surface area contributed by atoms with Gasteiger partial charge in [0.2, 0.25) is 11.8 Å². The molecule has 2 fully saturated rings. The summed E-state index contributed by atoms with van der Waals surface area (Å²) in [6.45, 7) is 2.86. The van der Waals surface area contributed by atoms with E-state index in [1.807, 2.05) is 23.9 Å². The lowest BCUT2D eigenvalue weighted by Gasteiger charge is -2.33. The van der Waals surface area contributed by atoms with Crippen LogP contribution in [0.15, 0.2) is 0 Å². The number of carbonyl (C=O) groups is 2. The van der Waals surface area contributed by atoms with E-state index in [0.29, 0.717) is 6.54 Å². The van der Waals surface area contributed by atoms with Gasteiger partial charge in [-0.3, -0.25) is 9.59 Å². The Labute approximate surface area is 115 Å². The van der Waals surface area contributed by atoms with Gasteiger partial charge in [-0.15, -0.1) is 0 Å². The average Bonchev–Trinajstić information content (AvgIpc) is 2.87. The Morgan fingerprint density at radius 1 is 1.05 bits per heavy atom. The molecule has 0 aromatic carbocycles. The number of piperidine rings is 1. The SMILES string of the molecule is CN(C)CC(=O)N1CCC[C@H]1C(=O)N1CCCCC1. The van der Waals surface area contributed by atoms with Crippen molar-refractivity contribution in [3.63, 3.8) is 0 Å². The summed E-state index contributed by atoms with van der Waals surface area (Å²) in [5, 5.41) is 0. The highest BCUT2D eigenvalue weighted by atomic mass is 16.2. The fourth-order valence-electron chi connectivity index (χ4n) is 3.01. The zero-order valence-corrected chi connectivity index (χ0v) is 12.1. The predicted octanol–water partition coefficient (Wildman–Crippen LogP) is 0.552. The van der Waals surface area contributed by atoms with Crippen LogP contribution in [0.5, 0.6) is 0 Å². The van der Waals surface area contributed by atoms with Crippen molar-refractivity contribution in [3.05, 3.63) is 0 Å². The summed E-state index contributed by atoms with van der Waals surface area (Å²) < 4.78 is 0. The maximum atomic E-state index is 12.5.